The lowest BCUT2D eigenvalue weighted by molar-refractivity contribution is -0.137. The summed E-state index contributed by atoms with van der Waals surface area (Å²) in [5.41, 5.74) is -1.12. The molecule has 188 valence electrons. The van der Waals surface area contributed by atoms with Gasteiger partial charge in [-0.15, -0.1) is 0 Å². The molecule has 3 aliphatic heterocycles. The summed E-state index contributed by atoms with van der Waals surface area (Å²) in [6, 6.07) is 4.93. The fourth-order valence-electron chi connectivity index (χ4n) is 4.71. The van der Waals surface area contributed by atoms with Crippen molar-refractivity contribution in [3.8, 4) is 0 Å². The first kappa shape index (κ1) is 24.9. The number of para-hydroxylation sites is 1. The molecule has 3 aliphatic rings. The lowest BCUT2D eigenvalue weighted by Crippen LogP contribution is -2.53. The molecule has 11 heteroatoms. The van der Waals surface area contributed by atoms with Gasteiger partial charge in [0.25, 0.3) is 0 Å². The van der Waals surface area contributed by atoms with E-state index in [1.807, 2.05) is 4.90 Å². The number of piperidine rings is 1. The Kier molecular flexibility index (Phi) is 8.07. The fraction of sp³-hybridized carbons (Fsp3) is 0.652. The Balaban J connectivity index is 1.17. The van der Waals surface area contributed by atoms with Gasteiger partial charge < -0.3 is 19.7 Å². The van der Waals surface area contributed by atoms with E-state index >= 15 is 0 Å². The van der Waals surface area contributed by atoms with Gasteiger partial charge in [-0.1, -0.05) is 12.1 Å². The van der Waals surface area contributed by atoms with Crippen molar-refractivity contribution in [3.05, 3.63) is 29.8 Å². The molecule has 0 aliphatic carbocycles. The Morgan fingerprint density at radius 1 is 0.912 bits per heavy atom. The van der Waals surface area contributed by atoms with Crippen LogP contribution in [-0.2, 0) is 25.2 Å². The topological polar surface area (TPSA) is 74.4 Å². The smallest absolute Gasteiger partial charge is 0.350 e. The minimum absolute atomic E-state index is 0.0208. The van der Waals surface area contributed by atoms with E-state index < -0.39 is 17.6 Å². The number of nitrogens with zero attached hydrogens (tertiary/aromatic N) is 3. The number of hydrogen-bond donors (Lipinski definition) is 1. The van der Waals surface area contributed by atoms with Crippen LogP contribution in [-0.4, -0.2) is 98.4 Å². The average molecular weight is 485 g/mol. The molecule has 8 nitrogen and oxygen atoms in total. The first-order valence-corrected chi connectivity index (χ1v) is 11.7. The van der Waals surface area contributed by atoms with Gasteiger partial charge in [-0.25, -0.2) is 0 Å². The van der Waals surface area contributed by atoms with Crippen molar-refractivity contribution in [3.63, 3.8) is 0 Å². The number of anilines is 1. The maximum absolute atomic E-state index is 13.1. The molecule has 0 unspecified atom stereocenters. The fourth-order valence-corrected chi connectivity index (χ4v) is 4.71. The molecule has 0 radical (unpaired) electrons. The van der Waals surface area contributed by atoms with Crippen LogP contribution in [0.3, 0.4) is 0 Å². The SMILES string of the molecule is O=C(CN1CCN(C(=O)CN2CCC(C3OCCO3)CC2)CC1)Nc1ccccc1C(F)(F)F. The molecule has 1 N–H and O–H groups in total. The molecule has 0 bridgehead atoms. The van der Waals surface area contributed by atoms with Gasteiger partial charge in [0.1, 0.15) is 0 Å². The number of likely N-dealkylation sites (tertiary alicyclic amines) is 1. The van der Waals surface area contributed by atoms with Crippen LogP contribution < -0.4 is 5.32 Å². The predicted molar refractivity (Wildman–Crippen MR) is 118 cm³/mol. The third-order valence-electron chi connectivity index (χ3n) is 6.62. The first-order valence-electron chi connectivity index (χ1n) is 11.7. The lowest BCUT2D eigenvalue weighted by atomic mass is 9.96. The number of hydrogen-bond acceptors (Lipinski definition) is 6. The molecule has 3 heterocycles. The minimum atomic E-state index is -4.54. The number of benzene rings is 1. The summed E-state index contributed by atoms with van der Waals surface area (Å²) < 4.78 is 50.6. The number of nitrogens with one attached hydrogen (secondary N) is 1. The van der Waals surface area contributed by atoms with E-state index in [-0.39, 0.29) is 24.4 Å². The molecule has 1 aromatic rings. The maximum Gasteiger partial charge on any atom is 0.418 e. The van der Waals surface area contributed by atoms with E-state index in [1.165, 1.54) is 18.2 Å². The summed E-state index contributed by atoms with van der Waals surface area (Å²) in [5.74, 6) is -0.0590. The highest BCUT2D eigenvalue weighted by molar-refractivity contribution is 5.93. The van der Waals surface area contributed by atoms with Crippen LogP contribution in [0.1, 0.15) is 18.4 Å². The number of piperazine rings is 1. The summed E-state index contributed by atoms with van der Waals surface area (Å²) in [6.07, 6.45) is -2.76. The van der Waals surface area contributed by atoms with Gasteiger partial charge in [-0.2, -0.15) is 13.2 Å². The lowest BCUT2D eigenvalue weighted by Gasteiger charge is -2.37. The number of rotatable bonds is 6. The molecule has 1 aromatic carbocycles. The number of halogens is 3. The van der Waals surface area contributed by atoms with Crippen molar-refractivity contribution in [2.24, 2.45) is 5.92 Å². The van der Waals surface area contributed by atoms with E-state index in [4.69, 9.17) is 9.47 Å². The first-order chi connectivity index (χ1) is 16.3. The quantitative estimate of drug-likeness (QED) is 0.665. The van der Waals surface area contributed by atoms with Crippen molar-refractivity contribution < 1.29 is 32.2 Å². The normalized spacial score (nSPS) is 21.7. The third-order valence-corrected chi connectivity index (χ3v) is 6.62. The zero-order valence-electron chi connectivity index (χ0n) is 19.1. The Labute approximate surface area is 196 Å². The Hall–Kier alpha value is -2.21. The van der Waals surface area contributed by atoms with E-state index in [9.17, 15) is 22.8 Å². The zero-order chi connectivity index (χ0) is 24.1. The predicted octanol–water partition coefficient (Wildman–Crippen LogP) is 1.87. The van der Waals surface area contributed by atoms with Crippen molar-refractivity contribution >= 4 is 17.5 Å². The second-order valence-corrected chi connectivity index (χ2v) is 8.97. The van der Waals surface area contributed by atoms with Crippen molar-refractivity contribution in [2.75, 3.05) is 70.9 Å². The van der Waals surface area contributed by atoms with E-state index in [2.05, 4.69) is 10.2 Å². The Morgan fingerprint density at radius 3 is 2.18 bits per heavy atom. The number of amides is 2. The standard InChI is InChI=1S/C23H31F3N4O4/c24-23(25,26)18-3-1-2-4-19(18)27-20(31)15-29-9-11-30(12-10-29)21(32)16-28-7-5-17(6-8-28)22-33-13-14-34-22/h1-4,17,22H,5-16H2,(H,27,31). The maximum atomic E-state index is 13.1. The van der Waals surface area contributed by atoms with Crippen LogP contribution >= 0.6 is 0 Å². The molecule has 0 atom stereocenters. The second-order valence-electron chi connectivity index (χ2n) is 8.97. The van der Waals surface area contributed by atoms with E-state index in [1.54, 1.807) is 4.90 Å². The zero-order valence-corrected chi connectivity index (χ0v) is 19.1. The van der Waals surface area contributed by atoms with Gasteiger partial charge in [0.2, 0.25) is 11.8 Å². The molecular weight excluding hydrogens is 453 g/mol. The van der Waals surface area contributed by atoms with Crippen molar-refractivity contribution in [1.29, 1.82) is 0 Å². The highest BCUT2D eigenvalue weighted by atomic mass is 19.4. The van der Waals surface area contributed by atoms with Crippen LogP contribution in [0, 0.1) is 5.92 Å². The summed E-state index contributed by atoms with van der Waals surface area (Å²) in [6.45, 7) is 5.29. The van der Waals surface area contributed by atoms with Crippen molar-refractivity contribution in [2.45, 2.75) is 25.3 Å². The molecular formula is C23H31F3N4O4. The highest BCUT2D eigenvalue weighted by Crippen LogP contribution is 2.34. The van der Waals surface area contributed by atoms with E-state index in [0.717, 1.165) is 32.0 Å². The number of carbonyl (C=O) groups is 2. The van der Waals surface area contributed by atoms with Gasteiger partial charge in [0.15, 0.2) is 6.29 Å². The highest BCUT2D eigenvalue weighted by Gasteiger charge is 2.34. The summed E-state index contributed by atoms with van der Waals surface area (Å²) in [7, 11) is 0. The number of alkyl halides is 3. The average Bonchev–Trinajstić information content (AvgIpc) is 3.35. The van der Waals surface area contributed by atoms with Crippen LogP contribution in [0.15, 0.2) is 24.3 Å². The van der Waals surface area contributed by atoms with Crippen molar-refractivity contribution in [1.82, 2.24) is 14.7 Å². The molecule has 3 fully saturated rings. The largest absolute Gasteiger partial charge is 0.418 e. The third kappa shape index (κ3) is 6.47. The van der Waals surface area contributed by atoms with E-state index in [0.29, 0.717) is 51.9 Å². The van der Waals surface area contributed by atoms with Gasteiger partial charge in [0.05, 0.1) is 37.6 Å². The van der Waals surface area contributed by atoms with Gasteiger partial charge in [0, 0.05) is 32.1 Å². The summed E-state index contributed by atoms with van der Waals surface area (Å²) in [4.78, 5) is 30.9. The summed E-state index contributed by atoms with van der Waals surface area (Å²) in [5, 5.41) is 2.37. The number of ether oxygens (including phenoxy) is 2. The van der Waals surface area contributed by atoms with Gasteiger partial charge in [-0.05, 0) is 38.1 Å². The molecule has 34 heavy (non-hydrogen) atoms. The molecule has 0 saturated carbocycles. The van der Waals surface area contributed by atoms with Gasteiger partial charge in [-0.3, -0.25) is 19.4 Å². The molecule has 0 spiro atoms. The Bertz CT molecular complexity index is 847. The van der Waals surface area contributed by atoms with Crippen LogP contribution in [0.4, 0.5) is 18.9 Å². The van der Waals surface area contributed by atoms with Crippen LogP contribution in [0.5, 0.6) is 0 Å². The Morgan fingerprint density at radius 2 is 1.53 bits per heavy atom. The number of carbonyl (C=O) groups excluding carboxylic acids is 2. The summed E-state index contributed by atoms with van der Waals surface area (Å²) >= 11 is 0. The minimum Gasteiger partial charge on any atom is -0.350 e. The monoisotopic (exact) mass is 484 g/mol. The van der Waals surface area contributed by atoms with Gasteiger partial charge >= 0.3 is 6.18 Å². The van der Waals surface area contributed by atoms with Crippen LogP contribution in [0.25, 0.3) is 0 Å². The molecule has 3 saturated heterocycles. The molecule has 0 aromatic heterocycles. The second kappa shape index (κ2) is 11.0. The van der Waals surface area contributed by atoms with Crippen LogP contribution in [0.2, 0.25) is 0 Å². The molecule has 4 rings (SSSR count). The molecule has 2 amide bonds.